The summed E-state index contributed by atoms with van der Waals surface area (Å²) in [6.07, 6.45) is 6.34. The Morgan fingerprint density at radius 3 is 2.38 bits per heavy atom. The van der Waals surface area contributed by atoms with Gasteiger partial charge in [-0.25, -0.2) is 4.79 Å². The van der Waals surface area contributed by atoms with E-state index in [2.05, 4.69) is 22.8 Å². The summed E-state index contributed by atoms with van der Waals surface area (Å²) < 4.78 is 5.22. The van der Waals surface area contributed by atoms with Crippen molar-refractivity contribution in [3.63, 3.8) is 0 Å². The van der Waals surface area contributed by atoms with Crippen LogP contribution < -0.4 is 10.6 Å². The molecule has 1 atom stereocenters. The minimum absolute atomic E-state index is 0.0485. The van der Waals surface area contributed by atoms with E-state index in [0.29, 0.717) is 6.54 Å². The number of hydrogen-bond donors (Lipinski definition) is 2. The zero-order valence-electron chi connectivity index (χ0n) is 13.8. The van der Waals surface area contributed by atoms with Crippen LogP contribution in [0.2, 0.25) is 0 Å². The Hall–Kier alpha value is -1.52. The second-order valence-electron chi connectivity index (χ2n) is 7.21. The highest BCUT2D eigenvalue weighted by atomic mass is 16.6. The lowest BCUT2D eigenvalue weighted by Crippen LogP contribution is -2.53. The Balaban J connectivity index is 2.39. The molecule has 0 aromatic heterocycles. The van der Waals surface area contributed by atoms with Crippen molar-refractivity contribution in [3.05, 3.63) is 12.2 Å². The molecule has 0 saturated heterocycles. The summed E-state index contributed by atoms with van der Waals surface area (Å²) in [6, 6.07) is 0. The highest BCUT2D eigenvalue weighted by Crippen LogP contribution is 2.18. The number of hydrogen-bond acceptors (Lipinski definition) is 3. The first-order valence-electron chi connectivity index (χ1n) is 7.53. The van der Waals surface area contributed by atoms with E-state index in [-0.39, 0.29) is 11.8 Å². The van der Waals surface area contributed by atoms with E-state index in [4.69, 9.17) is 4.74 Å². The van der Waals surface area contributed by atoms with Crippen molar-refractivity contribution < 1.29 is 14.3 Å². The number of alkyl carbamates (subject to hydrolysis) is 1. The summed E-state index contributed by atoms with van der Waals surface area (Å²) >= 11 is 0. The van der Waals surface area contributed by atoms with Gasteiger partial charge in [0, 0.05) is 12.5 Å². The Labute approximate surface area is 127 Å². The maximum atomic E-state index is 12.1. The lowest BCUT2D eigenvalue weighted by Gasteiger charge is -2.29. The van der Waals surface area contributed by atoms with Crippen molar-refractivity contribution in [1.82, 2.24) is 10.6 Å². The molecule has 0 aromatic rings. The third-order valence-corrected chi connectivity index (χ3v) is 3.18. The quantitative estimate of drug-likeness (QED) is 0.784. The van der Waals surface area contributed by atoms with Crippen molar-refractivity contribution in [2.75, 3.05) is 6.54 Å². The number of nitrogens with one attached hydrogen (secondary N) is 2. The molecule has 5 heteroatoms. The fourth-order valence-electron chi connectivity index (χ4n) is 2.11. The Kier molecular flexibility index (Phi) is 5.81. The summed E-state index contributed by atoms with van der Waals surface area (Å²) in [5, 5.41) is 5.70. The van der Waals surface area contributed by atoms with Gasteiger partial charge in [0.05, 0.1) is 5.54 Å². The predicted octanol–water partition coefficient (Wildman–Crippen LogP) is 2.76. The summed E-state index contributed by atoms with van der Waals surface area (Å²) in [4.78, 5) is 23.8. The van der Waals surface area contributed by atoms with Gasteiger partial charge in [-0.3, -0.25) is 4.79 Å². The smallest absolute Gasteiger partial charge is 0.408 e. The van der Waals surface area contributed by atoms with Gasteiger partial charge >= 0.3 is 6.09 Å². The van der Waals surface area contributed by atoms with Gasteiger partial charge in [-0.2, -0.15) is 0 Å². The summed E-state index contributed by atoms with van der Waals surface area (Å²) in [6.45, 7) is 9.55. The lowest BCUT2D eigenvalue weighted by atomic mass is 9.93. The topological polar surface area (TPSA) is 67.4 Å². The zero-order chi connectivity index (χ0) is 16.1. The Morgan fingerprint density at radius 1 is 1.19 bits per heavy atom. The molecule has 120 valence electrons. The third-order valence-electron chi connectivity index (χ3n) is 3.18. The molecule has 21 heavy (non-hydrogen) atoms. The van der Waals surface area contributed by atoms with Gasteiger partial charge in [-0.1, -0.05) is 12.2 Å². The van der Waals surface area contributed by atoms with Gasteiger partial charge < -0.3 is 15.4 Å². The second kappa shape index (κ2) is 6.96. The summed E-state index contributed by atoms with van der Waals surface area (Å²) in [5.74, 6) is 0.103. The second-order valence-corrected chi connectivity index (χ2v) is 7.21. The van der Waals surface area contributed by atoms with Crippen LogP contribution in [-0.4, -0.2) is 29.7 Å². The third kappa shape index (κ3) is 7.16. The summed E-state index contributed by atoms with van der Waals surface area (Å²) in [7, 11) is 0. The molecule has 0 spiro atoms. The molecular formula is C16H28N2O3. The average Bonchev–Trinajstić information content (AvgIpc) is 2.34. The molecule has 1 aliphatic rings. The van der Waals surface area contributed by atoms with Gasteiger partial charge in [0.15, 0.2) is 0 Å². The largest absolute Gasteiger partial charge is 0.444 e. The first-order valence-corrected chi connectivity index (χ1v) is 7.53. The molecule has 0 unspecified atom stereocenters. The fourth-order valence-corrected chi connectivity index (χ4v) is 2.11. The highest BCUT2D eigenvalue weighted by molar-refractivity contribution is 5.79. The predicted molar refractivity (Wildman–Crippen MR) is 82.9 cm³/mol. The molecule has 1 aliphatic carbocycles. The average molecular weight is 296 g/mol. The van der Waals surface area contributed by atoms with Crippen LogP contribution in [-0.2, 0) is 9.53 Å². The molecule has 2 amide bonds. The van der Waals surface area contributed by atoms with E-state index in [1.54, 1.807) is 0 Å². The Morgan fingerprint density at radius 2 is 1.86 bits per heavy atom. The number of rotatable bonds is 4. The summed E-state index contributed by atoms with van der Waals surface area (Å²) in [5.41, 5.74) is -1.08. The van der Waals surface area contributed by atoms with E-state index >= 15 is 0 Å². The normalized spacial score (nSPS) is 19.0. The van der Waals surface area contributed by atoms with E-state index in [1.807, 2.05) is 34.6 Å². The van der Waals surface area contributed by atoms with Crippen molar-refractivity contribution in [3.8, 4) is 0 Å². The maximum absolute atomic E-state index is 12.1. The molecule has 0 saturated carbocycles. The molecule has 2 N–H and O–H groups in total. The van der Waals surface area contributed by atoms with Crippen LogP contribution in [0.15, 0.2) is 12.2 Å². The van der Waals surface area contributed by atoms with Crippen LogP contribution in [0.5, 0.6) is 0 Å². The van der Waals surface area contributed by atoms with Crippen molar-refractivity contribution >= 4 is 12.0 Å². The number of ether oxygens (including phenoxy) is 1. The molecule has 0 heterocycles. The lowest BCUT2D eigenvalue weighted by molar-refractivity contribution is -0.125. The van der Waals surface area contributed by atoms with Crippen LogP contribution in [0.25, 0.3) is 0 Å². The van der Waals surface area contributed by atoms with E-state index < -0.39 is 17.2 Å². The molecule has 1 rings (SSSR count). The standard InChI is InChI=1S/C16H28N2O3/c1-15(2,3)21-14(20)18-16(4,5)11-17-13(19)12-9-7-6-8-10-12/h6-7,12H,8-11H2,1-5H3,(H,17,19)(H,18,20)/t12-/m1/s1. The van der Waals surface area contributed by atoms with Crippen LogP contribution in [0, 0.1) is 5.92 Å². The molecule has 5 nitrogen and oxygen atoms in total. The van der Waals surface area contributed by atoms with Gasteiger partial charge in [-0.15, -0.1) is 0 Å². The molecule has 0 fully saturated rings. The van der Waals surface area contributed by atoms with Crippen molar-refractivity contribution in [2.45, 2.75) is 65.0 Å². The minimum atomic E-state index is -0.553. The molecule has 0 aromatic carbocycles. The maximum Gasteiger partial charge on any atom is 0.408 e. The van der Waals surface area contributed by atoms with E-state index in [0.717, 1.165) is 19.3 Å². The van der Waals surface area contributed by atoms with E-state index in [9.17, 15) is 9.59 Å². The van der Waals surface area contributed by atoms with Crippen LogP contribution in [0.1, 0.15) is 53.9 Å². The van der Waals surface area contributed by atoms with Crippen molar-refractivity contribution in [2.24, 2.45) is 5.92 Å². The van der Waals surface area contributed by atoms with E-state index in [1.165, 1.54) is 0 Å². The van der Waals surface area contributed by atoms with Gasteiger partial charge in [0.2, 0.25) is 5.91 Å². The molecule has 0 aliphatic heterocycles. The molecule has 0 bridgehead atoms. The SMILES string of the molecule is CC(C)(CNC(=O)[C@@H]1CC=CCC1)NC(=O)OC(C)(C)C. The number of allylic oxidation sites excluding steroid dienone is 2. The molecular weight excluding hydrogens is 268 g/mol. The minimum Gasteiger partial charge on any atom is -0.444 e. The monoisotopic (exact) mass is 296 g/mol. The van der Waals surface area contributed by atoms with Crippen LogP contribution >= 0.6 is 0 Å². The fraction of sp³-hybridized carbons (Fsp3) is 0.750. The Bertz CT molecular complexity index is 408. The highest BCUT2D eigenvalue weighted by Gasteiger charge is 2.26. The number of carbonyl (C=O) groups excluding carboxylic acids is 2. The first-order chi connectivity index (χ1) is 9.59. The van der Waals surface area contributed by atoms with Gasteiger partial charge in [0.25, 0.3) is 0 Å². The van der Waals surface area contributed by atoms with Gasteiger partial charge in [0.1, 0.15) is 5.60 Å². The number of amides is 2. The van der Waals surface area contributed by atoms with Crippen molar-refractivity contribution in [1.29, 1.82) is 0 Å². The van der Waals surface area contributed by atoms with Crippen LogP contribution in [0.4, 0.5) is 4.79 Å². The zero-order valence-corrected chi connectivity index (χ0v) is 13.8. The van der Waals surface area contributed by atoms with Gasteiger partial charge in [-0.05, 0) is 53.9 Å². The van der Waals surface area contributed by atoms with Crippen LogP contribution in [0.3, 0.4) is 0 Å². The molecule has 0 radical (unpaired) electrons. The first kappa shape index (κ1) is 17.5. The number of carbonyl (C=O) groups is 2.